The second-order valence-electron chi connectivity index (χ2n) is 6.14. The van der Waals surface area contributed by atoms with Crippen LogP contribution in [-0.2, 0) is 10.0 Å². The molecular weight excluding hydrogens is 426 g/mol. The van der Waals surface area contributed by atoms with Crippen LogP contribution in [0, 0.1) is 0 Å². The molecule has 0 unspecified atom stereocenters. The molecule has 0 spiro atoms. The molecule has 0 aliphatic heterocycles. The summed E-state index contributed by atoms with van der Waals surface area (Å²) in [5, 5.41) is 0.175. The van der Waals surface area contributed by atoms with E-state index in [9.17, 15) is 13.2 Å². The number of nitrogens with zero attached hydrogens (tertiary/aromatic N) is 1. The van der Waals surface area contributed by atoms with Gasteiger partial charge in [-0.3, -0.25) is 4.79 Å². The van der Waals surface area contributed by atoms with Crippen molar-refractivity contribution in [1.29, 1.82) is 0 Å². The SMILES string of the molecule is CCOc1ccccc1C(=O)N(c1ccc(OC)c(Cl)c1)S(=O)(=O)c1ccccc1. The number of para-hydroxylation sites is 1. The summed E-state index contributed by atoms with van der Waals surface area (Å²) in [4.78, 5) is 13.5. The first-order valence-corrected chi connectivity index (χ1v) is 10.9. The number of benzene rings is 3. The lowest BCUT2D eigenvalue weighted by Crippen LogP contribution is -2.37. The van der Waals surface area contributed by atoms with Crippen molar-refractivity contribution in [2.24, 2.45) is 0 Å². The summed E-state index contributed by atoms with van der Waals surface area (Å²) < 4.78 is 38.3. The highest BCUT2D eigenvalue weighted by atomic mass is 35.5. The predicted octanol–water partition coefficient (Wildman–Crippen LogP) is 4.78. The predicted molar refractivity (Wildman–Crippen MR) is 116 cm³/mol. The summed E-state index contributed by atoms with van der Waals surface area (Å²) in [6, 6.07) is 18.6. The van der Waals surface area contributed by atoms with Gasteiger partial charge in [0.15, 0.2) is 0 Å². The highest BCUT2D eigenvalue weighted by molar-refractivity contribution is 7.93. The molecule has 0 saturated carbocycles. The molecule has 0 bridgehead atoms. The number of amides is 1. The molecule has 6 nitrogen and oxygen atoms in total. The molecule has 0 radical (unpaired) electrons. The largest absolute Gasteiger partial charge is 0.495 e. The van der Waals surface area contributed by atoms with Crippen LogP contribution in [0.2, 0.25) is 5.02 Å². The molecule has 1 amide bonds. The molecule has 0 atom stereocenters. The van der Waals surface area contributed by atoms with Crippen molar-refractivity contribution in [2.75, 3.05) is 18.0 Å². The number of hydrogen-bond donors (Lipinski definition) is 0. The number of halogens is 1. The summed E-state index contributed by atoms with van der Waals surface area (Å²) in [7, 11) is -2.79. The summed E-state index contributed by atoms with van der Waals surface area (Å²) in [6.45, 7) is 2.10. The Morgan fingerprint density at radius 3 is 2.27 bits per heavy atom. The monoisotopic (exact) mass is 445 g/mol. The normalized spacial score (nSPS) is 11.0. The van der Waals surface area contributed by atoms with Gasteiger partial charge >= 0.3 is 0 Å². The van der Waals surface area contributed by atoms with Gasteiger partial charge in [-0.25, -0.2) is 8.42 Å². The van der Waals surface area contributed by atoms with Gasteiger partial charge in [-0.1, -0.05) is 41.9 Å². The van der Waals surface area contributed by atoms with Gasteiger partial charge in [0.1, 0.15) is 11.5 Å². The highest BCUT2D eigenvalue weighted by Gasteiger charge is 2.33. The molecule has 0 aromatic heterocycles. The van der Waals surface area contributed by atoms with Crippen molar-refractivity contribution in [3.8, 4) is 11.5 Å². The van der Waals surface area contributed by atoms with E-state index in [-0.39, 0.29) is 26.9 Å². The maximum atomic E-state index is 13.5. The Hall–Kier alpha value is -3.03. The Labute approximate surface area is 180 Å². The summed E-state index contributed by atoms with van der Waals surface area (Å²) >= 11 is 6.22. The lowest BCUT2D eigenvalue weighted by molar-refractivity contribution is 0.100. The van der Waals surface area contributed by atoms with Gasteiger partial charge in [0.25, 0.3) is 15.9 Å². The van der Waals surface area contributed by atoms with Crippen molar-refractivity contribution >= 4 is 33.2 Å². The van der Waals surface area contributed by atoms with Crippen molar-refractivity contribution in [3.63, 3.8) is 0 Å². The zero-order valence-corrected chi connectivity index (χ0v) is 18.0. The maximum Gasteiger partial charge on any atom is 0.276 e. The van der Waals surface area contributed by atoms with E-state index in [1.165, 1.54) is 43.5 Å². The van der Waals surface area contributed by atoms with Crippen molar-refractivity contribution in [2.45, 2.75) is 11.8 Å². The smallest absolute Gasteiger partial charge is 0.276 e. The minimum absolute atomic E-state index is 0.0285. The molecule has 0 aliphatic carbocycles. The first-order valence-electron chi connectivity index (χ1n) is 9.10. The van der Waals surface area contributed by atoms with Crippen molar-refractivity contribution in [3.05, 3.63) is 83.4 Å². The number of methoxy groups -OCH3 is 1. The molecule has 156 valence electrons. The number of ether oxygens (including phenoxy) is 2. The first-order chi connectivity index (χ1) is 14.4. The van der Waals surface area contributed by atoms with Gasteiger partial charge in [-0.05, 0) is 49.4 Å². The number of carbonyl (C=O) groups is 1. The summed E-state index contributed by atoms with van der Waals surface area (Å²) in [5.74, 6) is -0.110. The van der Waals surface area contributed by atoms with E-state index < -0.39 is 15.9 Å². The number of anilines is 1. The maximum absolute atomic E-state index is 13.5. The molecule has 30 heavy (non-hydrogen) atoms. The van der Waals surface area contributed by atoms with Crippen LogP contribution in [-0.4, -0.2) is 28.0 Å². The van der Waals surface area contributed by atoms with Crippen LogP contribution in [0.1, 0.15) is 17.3 Å². The third-order valence-electron chi connectivity index (χ3n) is 4.25. The van der Waals surface area contributed by atoms with Crippen LogP contribution < -0.4 is 13.8 Å². The number of rotatable bonds is 7. The van der Waals surface area contributed by atoms with Crippen molar-refractivity contribution in [1.82, 2.24) is 0 Å². The minimum Gasteiger partial charge on any atom is -0.495 e. The van der Waals surface area contributed by atoms with E-state index in [1.54, 1.807) is 43.3 Å². The van der Waals surface area contributed by atoms with Gasteiger partial charge in [-0.2, -0.15) is 4.31 Å². The number of hydrogen-bond acceptors (Lipinski definition) is 5. The lowest BCUT2D eigenvalue weighted by Gasteiger charge is -2.24. The Morgan fingerprint density at radius 2 is 1.63 bits per heavy atom. The van der Waals surface area contributed by atoms with Gasteiger partial charge in [0, 0.05) is 0 Å². The molecule has 0 N–H and O–H groups in total. The number of carbonyl (C=O) groups excluding carboxylic acids is 1. The Kier molecular flexibility index (Phi) is 6.64. The molecule has 3 aromatic carbocycles. The van der Waals surface area contributed by atoms with E-state index in [0.717, 1.165) is 4.31 Å². The molecule has 8 heteroatoms. The highest BCUT2D eigenvalue weighted by Crippen LogP contribution is 2.34. The van der Waals surface area contributed by atoms with E-state index in [2.05, 4.69) is 0 Å². The van der Waals surface area contributed by atoms with Gasteiger partial charge in [0.2, 0.25) is 0 Å². The second-order valence-corrected chi connectivity index (χ2v) is 8.33. The molecular formula is C22H20ClNO5S. The fourth-order valence-electron chi connectivity index (χ4n) is 2.88. The standard InChI is InChI=1S/C22H20ClNO5S/c1-3-29-20-12-8-7-11-18(20)22(25)24(16-13-14-21(28-2)19(23)15-16)30(26,27)17-9-5-4-6-10-17/h4-15H,3H2,1-2H3. The molecule has 0 saturated heterocycles. The van der Waals surface area contributed by atoms with E-state index in [0.29, 0.717) is 12.4 Å². The molecule has 0 fully saturated rings. The average molecular weight is 446 g/mol. The molecule has 3 rings (SSSR count). The van der Waals surface area contributed by atoms with E-state index >= 15 is 0 Å². The van der Waals surface area contributed by atoms with E-state index in [1.807, 2.05) is 0 Å². The topological polar surface area (TPSA) is 72.9 Å². The Balaban J connectivity index is 2.21. The van der Waals surface area contributed by atoms with Crippen LogP contribution in [0.5, 0.6) is 11.5 Å². The Morgan fingerprint density at radius 1 is 0.967 bits per heavy atom. The quantitative estimate of drug-likeness (QED) is 0.523. The third-order valence-corrected chi connectivity index (χ3v) is 6.27. The van der Waals surface area contributed by atoms with E-state index in [4.69, 9.17) is 21.1 Å². The fourth-order valence-corrected chi connectivity index (χ4v) is 4.55. The minimum atomic E-state index is -4.24. The van der Waals surface area contributed by atoms with Crippen molar-refractivity contribution < 1.29 is 22.7 Å². The summed E-state index contributed by atoms with van der Waals surface area (Å²) in [6.07, 6.45) is 0. The van der Waals surface area contributed by atoms with Crippen LogP contribution >= 0.6 is 11.6 Å². The second kappa shape index (κ2) is 9.19. The average Bonchev–Trinajstić information content (AvgIpc) is 2.75. The molecule has 0 aliphatic rings. The fraction of sp³-hybridized carbons (Fsp3) is 0.136. The van der Waals surface area contributed by atoms with Crippen LogP contribution in [0.4, 0.5) is 5.69 Å². The van der Waals surface area contributed by atoms with Crippen LogP contribution in [0.3, 0.4) is 0 Å². The lowest BCUT2D eigenvalue weighted by atomic mass is 10.2. The zero-order valence-electron chi connectivity index (χ0n) is 16.4. The van der Waals surface area contributed by atoms with Crippen LogP contribution in [0.25, 0.3) is 0 Å². The Bertz CT molecular complexity index is 1150. The number of sulfonamides is 1. The van der Waals surface area contributed by atoms with Gasteiger partial charge in [-0.15, -0.1) is 0 Å². The van der Waals surface area contributed by atoms with Crippen LogP contribution in [0.15, 0.2) is 77.7 Å². The van der Waals surface area contributed by atoms with Gasteiger partial charge in [0.05, 0.1) is 34.9 Å². The zero-order chi connectivity index (χ0) is 21.7. The van der Waals surface area contributed by atoms with Gasteiger partial charge < -0.3 is 9.47 Å². The first kappa shape index (κ1) is 21.7. The molecule has 0 heterocycles. The third kappa shape index (κ3) is 4.27. The molecule has 3 aromatic rings. The summed E-state index contributed by atoms with van der Waals surface area (Å²) in [5.41, 5.74) is 0.201.